The zero-order valence-electron chi connectivity index (χ0n) is 22.4. The first-order valence-electron chi connectivity index (χ1n) is 13.0. The number of aryl methyl sites for hydroxylation is 2. The van der Waals surface area contributed by atoms with Crippen LogP contribution in [0, 0.1) is 0 Å². The number of alkyl halides is 3. The molecule has 1 atom stereocenters. The van der Waals surface area contributed by atoms with Crippen LogP contribution in [-0.4, -0.2) is 40.8 Å². The van der Waals surface area contributed by atoms with Crippen LogP contribution in [-0.2, 0) is 34.5 Å². The van der Waals surface area contributed by atoms with Gasteiger partial charge >= 0.3 is 11.9 Å². The van der Waals surface area contributed by atoms with Crippen molar-refractivity contribution in [2.75, 3.05) is 18.5 Å². The van der Waals surface area contributed by atoms with Crippen molar-refractivity contribution in [2.24, 2.45) is 0 Å². The summed E-state index contributed by atoms with van der Waals surface area (Å²) in [6.07, 6.45) is -5.54. The van der Waals surface area contributed by atoms with Crippen molar-refractivity contribution >= 4 is 17.6 Å². The van der Waals surface area contributed by atoms with Gasteiger partial charge in [-0.2, -0.15) is 13.2 Å². The highest BCUT2D eigenvalue weighted by molar-refractivity contribution is 6.07. The zero-order valence-corrected chi connectivity index (χ0v) is 22.4. The maximum Gasteiger partial charge on any atom is 0.425 e. The summed E-state index contributed by atoms with van der Waals surface area (Å²) in [5, 5.41) is 3.81. The van der Waals surface area contributed by atoms with Crippen LogP contribution < -0.4 is 31.4 Å². The molecule has 0 saturated heterocycles. The van der Waals surface area contributed by atoms with E-state index in [1.165, 1.54) is 0 Å². The van der Waals surface area contributed by atoms with Gasteiger partial charge in [0.05, 0.1) is 13.2 Å². The molecule has 1 aromatic heterocycles. The van der Waals surface area contributed by atoms with Gasteiger partial charge in [0, 0.05) is 13.0 Å². The molecule has 1 aliphatic heterocycles. The first-order valence-corrected chi connectivity index (χ1v) is 13.0. The minimum atomic E-state index is -5.40. The van der Waals surface area contributed by atoms with E-state index in [-0.39, 0.29) is 25.8 Å². The zero-order chi connectivity index (χ0) is 29.8. The molecule has 2 amide bonds. The maximum atomic E-state index is 14.6. The van der Waals surface area contributed by atoms with E-state index in [4.69, 9.17) is 9.47 Å². The number of H-pyrrole nitrogens is 1. The number of aromatic amines is 1. The summed E-state index contributed by atoms with van der Waals surface area (Å²) in [5.41, 5.74) is -5.86. The average molecular weight is 575 g/mol. The quantitative estimate of drug-likeness (QED) is 0.323. The SMILES string of the molecule is CCOc1ccc(CCn2c3c(c(=O)[nH]c2=O)[C@](NC(=O)CCc2ccccc2)(C(F)(F)F)C(=O)N3)cc1OCC. The topological polar surface area (TPSA) is 132 Å². The Morgan fingerprint density at radius 3 is 2.29 bits per heavy atom. The molecule has 2 aromatic carbocycles. The predicted octanol–water partition coefficient (Wildman–Crippen LogP) is 3.04. The molecule has 0 spiro atoms. The molecule has 218 valence electrons. The minimum Gasteiger partial charge on any atom is -0.490 e. The molecule has 0 unspecified atom stereocenters. The summed E-state index contributed by atoms with van der Waals surface area (Å²) in [7, 11) is 0. The van der Waals surface area contributed by atoms with Gasteiger partial charge < -0.3 is 20.1 Å². The Kier molecular flexibility index (Phi) is 8.55. The molecule has 4 rings (SSSR count). The first kappa shape index (κ1) is 29.4. The molecule has 1 aliphatic rings. The van der Waals surface area contributed by atoms with Gasteiger partial charge in [-0.25, -0.2) is 4.79 Å². The Bertz CT molecular complexity index is 1550. The molecule has 2 heterocycles. The number of halogens is 3. The molecule has 3 aromatic rings. The van der Waals surface area contributed by atoms with Crippen molar-refractivity contribution in [2.45, 2.75) is 51.4 Å². The largest absolute Gasteiger partial charge is 0.490 e. The van der Waals surface area contributed by atoms with E-state index in [0.29, 0.717) is 35.8 Å². The van der Waals surface area contributed by atoms with E-state index < -0.39 is 46.2 Å². The van der Waals surface area contributed by atoms with E-state index in [2.05, 4.69) is 0 Å². The molecule has 0 radical (unpaired) electrons. The Morgan fingerprint density at radius 1 is 0.951 bits per heavy atom. The number of carbonyl (C=O) groups is 2. The molecule has 3 N–H and O–H groups in total. The Morgan fingerprint density at radius 2 is 1.63 bits per heavy atom. The maximum absolute atomic E-state index is 14.6. The monoisotopic (exact) mass is 574 g/mol. The normalized spacial score (nSPS) is 16.2. The molecule has 0 fully saturated rings. The lowest BCUT2D eigenvalue weighted by Crippen LogP contribution is -2.62. The van der Waals surface area contributed by atoms with Crippen LogP contribution in [0.2, 0.25) is 0 Å². The smallest absolute Gasteiger partial charge is 0.425 e. The van der Waals surface area contributed by atoms with Gasteiger partial charge in [0.15, 0.2) is 11.5 Å². The molecular weight excluding hydrogens is 545 g/mol. The number of aromatic nitrogens is 2. The lowest BCUT2D eigenvalue weighted by Gasteiger charge is -2.30. The summed E-state index contributed by atoms with van der Waals surface area (Å²) < 4.78 is 55.8. The van der Waals surface area contributed by atoms with Gasteiger partial charge in [-0.3, -0.25) is 23.9 Å². The molecule has 13 heteroatoms. The van der Waals surface area contributed by atoms with Crippen molar-refractivity contribution in [3.8, 4) is 11.5 Å². The van der Waals surface area contributed by atoms with Crippen LogP contribution in [0.15, 0.2) is 58.1 Å². The van der Waals surface area contributed by atoms with Crippen molar-refractivity contribution in [3.63, 3.8) is 0 Å². The number of fused-ring (bicyclic) bond motifs is 1. The van der Waals surface area contributed by atoms with Gasteiger partial charge in [0.25, 0.3) is 11.5 Å². The fraction of sp³-hybridized carbons (Fsp3) is 0.357. The number of nitrogens with one attached hydrogen (secondary N) is 3. The number of carbonyl (C=O) groups excluding carboxylic acids is 2. The number of rotatable bonds is 11. The minimum absolute atomic E-state index is 0.108. The van der Waals surface area contributed by atoms with E-state index in [1.54, 1.807) is 60.8 Å². The summed E-state index contributed by atoms with van der Waals surface area (Å²) in [5.74, 6) is -2.44. The Hall–Kier alpha value is -4.55. The number of hydrogen-bond donors (Lipinski definition) is 3. The summed E-state index contributed by atoms with van der Waals surface area (Å²) in [6.45, 7) is 4.17. The van der Waals surface area contributed by atoms with Crippen molar-refractivity contribution in [1.82, 2.24) is 14.9 Å². The second kappa shape index (κ2) is 11.9. The van der Waals surface area contributed by atoms with E-state index in [0.717, 1.165) is 4.57 Å². The van der Waals surface area contributed by atoms with Crippen LogP contribution in [0.3, 0.4) is 0 Å². The Labute approximate surface area is 232 Å². The third-order valence-electron chi connectivity index (χ3n) is 6.61. The van der Waals surface area contributed by atoms with E-state index >= 15 is 0 Å². The number of anilines is 1. The van der Waals surface area contributed by atoms with E-state index in [1.807, 2.05) is 17.2 Å². The Balaban J connectivity index is 1.67. The molecule has 0 aliphatic carbocycles. The second-order valence-electron chi connectivity index (χ2n) is 9.27. The van der Waals surface area contributed by atoms with Gasteiger partial charge in [0.2, 0.25) is 11.4 Å². The van der Waals surface area contributed by atoms with Crippen molar-refractivity contribution < 1.29 is 32.2 Å². The average Bonchev–Trinajstić information content (AvgIpc) is 3.22. The summed E-state index contributed by atoms with van der Waals surface area (Å²) in [4.78, 5) is 53.1. The highest BCUT2D eigenvalue weighted by Crippen LogP contribution is 2.45. The number of amides is 2. The molecular formula is C28H29F3N4O6. The van der Waals surface area contributed by atoms with Gasteiger partial charge in [-0.15, -0.1) is 0 Å². The fourth-order valence-electron chi connectivity index (χ4n) is 4.70. The van der Waals surface area contributed by atoms with Crippen molar-refractivity contribution in [1.29, 1.82) is 0 Å². The third kappa shape index (κ3) is 5.83. The highest BCUT2D eigenvalue weighted by Gasteiger charge is 2.68. The number of benzene rings is 2. The number of ether oxygens (including phenoxy) is 2. The summed E-state index contributed by atoms with van der Waals surface area (Å²) >= 11 is 0. The molecule has 10 nitrogen and oxygen atoms in total. The van der Waals surface area contributed by atoms with Crippen LogP contribution in [0.5, 0.6) is 11.5 Å². The lowest BCUT2D eigenvalue weighted by atomic mass is 9.91. The van der Waals surface area contributed by atoms with Gasteiger partial charge in [-0.05, 0) is 49.9 Å². The van der Waals surface area contributed by atoms with Crippen LogP contribution in [0.4, 0.5) is 19.0 Å². The standard InChI is InChI=1S/C28H29F3N4O6/c1-3-40-19-12-10-18(16-20(19)41-4-2)14-15-35-23-22(24(37)33-26(35)39)27(25(38)32-23,28(29,30)31)34-21(36)13-11-17-8-6-5-7-9-17/h5-10,12,16H,3-4,11,13-15H2,1-2H3,(H,32,38)(H,34,36)(H,33,37,39)/t27-/m1/s1. The predicted molar refractivity (Wildman–Crippen MR) is 143 cm³/mol. The van der Waals surface area contributed by atoms with Crippen LogP contribution in [0.25, 0.3) is 0 Å². The third-order valence-corrected chi connectivity index (χ3v) is 6.61. The van der Waals surface area contributed by atoms with Crippen molar-refractivity contribution in [3.05, 3.63) is 86.1 Å². The summed E-state index contributed by atoms with van der Waals surface area (Å²) in [6, 6.07) is 13.6. The van der Waals surface area contributed by atoms with Gasteiger partial charge in [-0.1, -0.05) is 36.4 Å². The molecule has 0 bridgehead atoms. The first-order chi connectivity index (χ1) is 19.5. The second-order valence-corrected chi connectivity index (χ2v) is 9.27. The van der Waals surface area contributed by atoms with E-state index in [9.17, 15) is 32.3 Å². The fourth-order valence-corrected chi connectivity index (χ4v) is 4.70. The number of hydrogen-bond acceptors (Lipinski definition) is 6. The lowest BCUT2D eigenvalue weighted by molar-refractivity contribution is -0.200. The molecule has 41 heavy (non-hydrogen) atoms. The molecule has 0 saturated carbocycles. The van der Waals surface area contributed by atoms with Gasteiger partial charge in [0.1, 0.15) is 11.4 Å². The van der Waals surface area contributed by atoms with Crippen LogP contribution in [0.1, 0.15) is 37.0 Å². The highest BCUT2D eigenvalue weighted by atomic mass is 19.4. The number of nitrogens with zero attached hydrogens (tertiary/aromatic N) is 1. The van der Waals surface area contributed by atoms with Crippen LogP contribution >= 0.6 is 0 Å².